The zero-order chi connectivity index (χ0) is 34.1. The minimum absolute atomic E-state index is 0. The largest absolute Gasteiger partial charge is 0.305 e. The van der Waals surface area contributed by atoms with Crippen molar-refractivity contribution in [2.24, 2.45) is 0 Å². The van der Waals surface area contributed by atoms with E-state index >= 15 is 0 Å². The van der Waals surface area contributed by atoms with Gasteiger partial charge in [0.2, 0.25) is 0 Å². The van der Waals surface area contributed by atoms with Crippen LogP contribution in [0, 0.1) is 19.0 Å². The molecule has 7 aromatic rings. The summed E-state index contributed by atoms with van der Waals surface area (Å²) in [6, 6.07) is 40.8. The number of fused-ring (bicyclic) bond motifs is 3. The summed E-state index contributed by atoms with van der Waals surface area (Å²) < 4.78 is 26.4. The average Bonchev–Trinajstić information content (AvgIpc) is 3.47. The van der Waals surface area contributed by atoms with Crippen LogP contribution in [0.15, 0.2) is 116 Å². The Kier molecular flexibility index (Phi) is 9.26. The second-order valence-electron chi connectivity index (χ2n) is 12.6. The van der Waals surface area contributed by atoms with Gasteiger partial charge in [0.1, 0.15) is 0 Å². The third-order valence-corrected chi connectivity index (χ3v) is 11.3. The van der Waals surface area contributed by atoms with Gasteiger partial charge in [-0.2, -0.15) is 11.3 Å². The predicted molar refractivity (Wildman–Crippen MR) is 197 cm³/mol. The number of hydrogen-bond acceptors (Lipinski definition) is 3. The second kappa shape index (κ2) is 14.4. The fourth-order valence-electron chi connectivity index (χ4n) is 5.32. The molecule has 233 valence electrons. The molecule has 0 aliphatic rings. The van der Waals surface area contributed by atoms with E-state index in [4.69, 9.17) is 4.11 Å². The van der Waals surface area contributed by atoms with E-state index in [9.17, 15) is 0 Å². The maximum atomic E-state index is 8.20. The molecule has 0 spiro atoms. The van der Waals surface area contributed by atoms with Crippen molar-refractivity contribution in [1.82, 2.24) is 9.97 Å². The van der Waals surface area contributed by atoms with Crippen LogP contribution in [-0.4, -0.2) is 18.0 Å². The summed E-state index contributed by atoms with van der Waals surface area (Å²) in [6.07, 6.45) is 3.86. The molecule has 0 aliphatic heterocycles. The van der Waals surface area contributed by atoms with Crippen LogP contribution in [0.25, 0.3) is 53.8 Å². The molecule has 0 fully saturated rings. The van der Waals surface area contributed by atoms with Crippen molar-refractivity contribution in [3.63, 3.8) is 0 Å². The number of rotatable bonds is 5. The van der Waals surface area contributed by atoms with Gasteiger partial charge < -0.3 is 9.97 Å². The van der Waals surface area contributed by atoms with Crippen molar-refractivity contribution in [1.29, 1.82) is 0 Å². The number of thiophene rings is 1. The van der Waals surface area contributed by atoms with Gasteiger partial charge in [-0.25, -0.2) is 0 Å². The molecule has 0 bridgehead atoms. The first-order chi connectivity index (χ1) is 22.9. The SMILES string of the molecule is C[Si](C)(C)c1ccc(-c2[c-]cccc2)nc1.[2H]C([2H])([2H])c1cc(-c2ccccc2)cc2c1sc1c(-c3cc(C(C)C)ccn3)[c-]ccc12.[Ir]. The Hall–Kier alpha value is -3.73. The summed E-state index contributed by atoms with van der Waals surface area (Å²) in [5.41, 5.74) is 7.38. The number of benzene rings is 4. The second-order valence-corrected chi connectivity index (χ2v) is 18.6. The zero-order valence-corrected chi connectivity index (χ0v) is 30.9. The Bertz CT molecular complexity index is 2170. The Balaban J connectivity index is 0.000000233. The van der Waals surface area contributed by atoms with Crippen molar-refractivity contribution in [3.05, 3.63) is 139 Å². The summed E-state index contributed by atoms with van der Waals surface area (Å²) in [5, 5.41) is 3.40. The number of aryl methyl sites for hydroxylation is 1. The predicted octanol–water partition coefficient (Wildman–Crippen LogP) is 11.1. The van der Waals surface area contributed by atoms with Crippen molar-refractivity contribution < 1.29 is 24.2 Å². The molecule has 0 aliphatic carbocycles. The van der Waals surface area contributed by atoms with Crippen LogP contribution < -0.4 is 5.19 Å². The first kappa shape index (κ1) is 29.7. The number of hydrogen-bond donors (Lipinski definition) is 0. The molecule has 0 unspecified atom stereocenters. The summed E-state index contributed by atoms with van der Waals surface area (Å²) in [6.45, 7) is 9.12. The zero-order valence-electron chi connectivity index (χ0n) is 29.7. The van der Waals surface area contributed by atoms with Gasteiger partial charge in [0.15, 0.2) is 0 Å². The van der Waals surface area contributed by atoms with E-state index in [-0.39, 0.29) is 20.1 Å². The van der Waals surface area contributed by atoms with Gasteiger partial charge in [0.05, 0.1) is 8.07 Å². The van der Waals surface area contributed by atoms with Crippen LogP contribution >= 0.6 is 11.3 Å². The van der Waals surface area contributed by atoms with Crippen molar-refractivity contribution >= 4 is 44.8 Å². The van der Waals surface area contributed by atoms with E-state index in [1.807, 2.05) is 91.3 Å². The quantitative estimate of drug-likeness (QED) is 0.128. The van der Waals surface area contributed by atoms with Gasteiger partial charge in [-0.15, -0.1) is 59.7 Å². The Morgan fingerprint density at radius 2 is 1.54 bits per heavy atom. The van der Waals surface area contributed by atoms with Crippen molar-refractivity contribution in [2.75, 3.05) is 0 Å². The molecule has 0 atom stereocenters. The minimum Gasteiger partial charge on any atom is -0.305 e. The molecule has 5 heteroatoms. The van der Waals surface area contributed by atoms with Crippen LogP contribution in [0.5, 0.6) is 0 Å². The van der Waals surface area contributed by atoms with E-state index in [0.717, 1.165) is 53.8 Å². The van der Waals surface area contributed by atoms with Crippen LogP contribution in [0.2, 0.25) is 19.6 Å². The molecule has 0 N–H and O–H groups in total. The molecular formula is C41H38IrN2SSi-2. The molecule has 3 aromatic heterocycles. The molecular weight excluding hydrogens is 773 g/mol. The van der Waals surface area contributed by atoms with Crippen LogP contribution in [0.3, 0.4) is 0 Å². The monoisotopic (exact) mass is 814 g/mol. The number of aromatic nitrogens is 2. The third kappa shape index (κ3) is 7.29. The molecule has 0 saturated heterocycles. The van der Waals surface area contributed by atoms with Crippen LogP contribution in [0.4, 0.5) is 0 Å². The van der Waals surface area contributed by atoms with E-state index in [0.29, 0.717) is 11.5 Å². The summed E-state index contributed by atoms with van der Waals surface area (Å²) in [4.78, 5) is 9.13. The Morgan fingerprint density at radius 3 is 2.22 bits per heavy atom. The van der Waals surface area contributed by atoms with E-state index in [1.54, 1.807) is 0 Å². The topological polar surface area (TPSA) is 25.8 Å². The standard InChI is InChI=1S/C27H22NS.C14H16NSi.Ir/c1-17(2)20-12-13-28-25(16-20)23-11-7-10-22-24-15-21(19-8-5-4-6-9-19)14-18(3)26(24)29-27(22)23;1-16(2,3)13-9-10-14(15-11-13)12-7-5-4-6-8-12;/h4-10,12-17H,1-3H3;4-7,9-11H,1-3H3;/q2*-1;/i3D3;;. The fraction of sp³-hybridized carbons (Fsp3) is 0.171. The fourth-order valence-corrected chi connectivity index (χ4v) is 7.56. The van der Waals surface area contributed by atoms with Gasteiger partial charge in [-0.3, -0.25) is 0 Å². The number of nitrogens with zero attached hydrogens (tertiary/aromatic N) is 2. The summed E-state index contributed by atoms with van der Waals surface area (Å²) >= 11 is 1.52. The van der Waals surface area contributed by atoms with E-state index in [2.05, 4.69) is 79.9 Å². The molecule has 7 rings (SSSR count). The van der Waals surface area contributed by atoms with Gasteiger partial charge >= 0.3 is 0 Å². The van der Waals surface area contributed by atoms with Crippen molar-refractivity contribution in [2.45, 2.75) is 46.3 Å². The van der Waals surface area contributed by atoms with Gasteiger partial charge in [-0.05, 0) is 68.3 Å². The summed E-state index contributed by atoms with van der Waals surface area (Å²) in [7, 11) is -1.23. The molecule has 3 heterocycles. The number of pyridine rings is 2. The van der Waals surface area contributed by atoms with Crippen LogP contribution in [-0.2, 0) is 20.1 Å². The maximum Gasteiger partial charge on any atom is 0.0795 e. The minimum atomic E-state index is -2.20. The van der Waals surface area contributed by atoms with Crippen LogP contribution in [0.1, 0.15) is 35.0 Å². The summed E-state index contributed by atoms with van der Waals surface area (Å²) in [5.74, 6) is 0.397. The molecule has 2 nitrogen and oxygen atoms in total. The molecule has 0 saturated carbocycles. The van der Waals surface area contributed by atoms with Crippen molar-refractivity contribution in [3.8, 4) is 33.6 Å². The maximum absolute atomic E-state index is 8.20. The first-order valence-corrected chi connectivity index (χ1v) is 19.6. The molecule has 4 aromatic carbocycles. The molecule has 0 amide bonds. The smallest absolute Gasteiger partial charge is 0.0795 e. The third-order valence-electron chi connectivity index (χ3n) is 7.96. The first-order valence-electron chi connectivity index (χ1n) is 16.8. The average molecular weight is 814 g/mol. The van der Waals surface area contributed by atoms with Gasteiger partial charge in [0.25, 0.3) is 0 Å². The molecule has 1 radical (unpaired) electrons. The van der Waals surface area contributed by atoms with Gasteiger partial charge in [-0.1, -0.05) is 99.0 Å². The van der Waals surface area contributed by atoms with E-state index in [1.165, 1.54) is 22.1 Å². The normalized spacial score (nSPS) is 12.5. The Morgan fingerprint density at radius 1 is 0.739 bits per heavy atom. The Labute approximate surface area is 296 Å². The van der Waals surface area contributed by atoms with E-state index < -0.39 is 14.9 Å². The molecule has 46 heavy (non-hydrogen) atoms. The van der Waals surface area contributed by atoms with Gasteiger partial charge in [0, 0.05) is 41.3 Å².